The summed E-state index contributed by atoms with van der Waals surface area (Å²) in [6.45, 7) is 0. The molecule has 0 aliphatic heterocycles. The highest BCUT2D eigenvalue weighted by molar-refractivity contribution is 6.21. The van der Waals surface area contributed by atoms with Crippen molar-refractivity contribution < 1.29 is 0 Å². The molecule has 0 aliphatic rings. The zero-order valence-corrected chi connectivity index (χ0v) is 28.5. The molecule has 5 nitrogen and oxygen atoms in total. The Balaban J connectivity index is 1.07. The fourth-order valence-corrected chi connectivity index (χ4v) is 8.15. The number of aromatic nitrogens is 5. The molecule has 0 bridgehead atoms. The van der Waals surface area contributed by atoms with E-state index in [1.807, 2.05) is 48.9 Å². The molecule has 0 spiro atoms. The van der Waals surface area contributed by atoms with E-state index in [1.54, 1.807) is 0 Å². The Morgan fingerprint density at radius 3 is 1.74 bits per heavy atom. The molecule has 246 valence electrons. The molecule has 6 aromatic carbocycles. The van der Waals surface area contributed by atoms with Crippen LogP contribution in [0, 0.1) is 0 Å². The number of nitrogens with zero attached hydrogens (tertiary/aromatic N) is 5. The summed E-state index contributed by atoms with van der Waals surface area (Å²) in [5.41, 5.74) is 10.6. The minimum absolute atomic E-state index is 0.857. The second kappa shape index (κ2) is 11.7. The molecule has 0 aliphatic carbocycles. The van der Waals surface area contributed by atoms with E-state index in [4.69, 9.17) is 15.0 Å². The van der Waals surface area contributed by atoms with Crippen molar-refractivity contribution in [3.63, 3.8) is 0 Å². The third-order valence-electron chi connectivity index (χ3n) is 10.5. The van der Waals surface area contributed by atoms with Gasteiger partial charge < -0.3 is 0 Å². The van der Waals surface area contributed by atoms with Gasteiger partial charge in [0, 0.05) is 45.7 Å². The summed E-state index contributed by atoms with van der Waals surface area (Å²) < 4.78 is 2.14. The van der Waals surface area contributed by atoms with E-state index in [9.17, 15) is 0 Å². The summed E-state index contributed by atoms with van der Waals surface area (Å²) in [6, 6.07) is 55.9. The first-order chi connectivity index (χ1) is 26.3. The van der Waals surface area contributed by atoms with Gasteiger partial charge in [0.1, 0.15) is 11.5 Å². The van der Waals surface area contributed by atoms with Crippen molar-refractivity contribution in [1.82, 2.24) is 24.5 Å². The molecular formula is C48H29N5. The van der Waals surface area contributed by atoms with Gasteiger partial charge >= 0.3 is 0 Å². The van der Waals surface area contributed by atoms with Gasteiger partial charge in [0.2, 0.25) is 0 Å². The maximum atomic E-state index is 5.31. The van der Waals surface area contributed by atoms with E-state index in [2.05, 4.69) is 137 Å². The van der Waals surface area contributed by atoms with E-state index in [-0.39, 0.29) is 0 Å². The average Bonchev–Trinajstić information content (AvgIpc) is 3.56. The lowest BCUT2D eigenvalue weighted by Gasteiger charge is -2.18. The van der Waals surface area contributed by atoms with Crippen molar-refractivity contribution in [2.24, 2.45) is 0 Å². The number of hydrogen-bond donors (Lipinski definition) is 0. The molecule has 0 fully saturated rings. The molecule has 5 aromatic heterocycles. The topological polar surface area (TPSA) is 56.5 Å². The van der Waals surface area contributed by atoms with Gasteiger partial charge in [-0.15, -0.1) is 0 Å². The molecule has 11 aromatic rings. The second-order valence-electron chi connectivity index (χ2n) is 13.5. The van der Waals surface area contributed by atoms with Gasteiger partial charge in [-0.1, -0.05) is 109 Å². The van der Waals surface area contributed by atoms with Crippen LogP contribution in [-0.2, 0) is 0 Å². The minimum Gasteiger partial charge on any atom is -0.278 e. The molecule has 0 atom stereocenters. The predicted octanol–water partition coefficient (Wildman–Crippen LogP) is 12.0. The van der Waals surface area contributed by atoms with Crippen LogP contribution >= 0.6 is 0 Å². The smallest absolute Gasteiger partial charge is 0.146 e. The van der Waals surface area contributed by atoms with Crippen LogP contribution in [0.3, 0.4) is 0 Å². The molecule has 53 heavy (non-hydrogen) atoms. The summed E-state index contributed by atoms with van der Waals surface area (Å²) in [5, 5.41) is 9.18. The van der Waals surface area contributed by atoms with E-state index >= 15 is 0 Å². The molecule has 0 amide bonds. The van der Waals surface area contributed by atoms with Gasteiger partial charge in [0.15, 0.2) is 0 Å². The fourth-order valence-electron chi connectivity index (χ4n) is 8.15. The Labute approximate surface area is 304 Å². The molecule has 0 N–H and O–H groups in total. The van der Waals surface area contributed by atoms with Crippen LogP contribution in [0.15, 0.2) is 176 Å². The van der Waals surface area contributed by atoms with Crippen LogP contribution in [0.5, 0.6) is 0 Å². The van der Waals surface area contributed by atoms with Crippen LogP contribution in [-0.4, -0.2) is 24.5 Å². The second-order valence-corrected chi connectivity index (χ2v) is 13.5. The number of benzene rings is 6. The molecule has 5 heterocycles. The lowest BCUT2D eigenvalue weighted by atomic mass is 9.86. The maximum Gasteiger partial charge on any atom is 0.146 e. The third kappa shape index (κ3) is 4.57. The SMILES string of the molecule is c1ccc(-n2c3ccc(-c4ccc(-c5c6ccccc6c(-c6ccc7ccc8cccnc8c7n6)c6ccccc56)cc4)cc3c3cccnc32)nc1. The molecular weight excluding hydrogens is 647 g/mol. The quantitative estimate of drug-likeness (QED) is 0.138. The van der Waals surface area contributed by atoms with Gasteiger partial charge in [-0.25, -0.2) is 15.0 Å². The number of rotatable bonds is 4. The Kier molecular flexibility index (Phi) is 6.48. The normalized spacial score (nSPS) is 11.8. The summed E-state index contributed by atoms with van der Waals surface area (Å²) >= 11 is 0. The lowest BCUT2D eigenvalue weighted by Crippen LogP contribution is -1.97. The lowest BCUT2D eigenvalue weighted by molar-refractivity contribution is 1.06. The summed E-state index contributed by atoms with van der Waals surface area (Å²) in [5.74, 6) is 0.857. The van der Waals surface area contributed by atoms with Crippen molar-refractivity contribution in [2.75, 3.05) is 0 Å². The summed E-state index contributed by atoms with van der Waals surface area (Å²) in [7, 11) is 0. The predicted molar refractivity (Wildman–Crippen MR) is 218 cm³/mol. The number of hydrogen-bond acceptors (Lipinski definition) is 4. The van der Waals surface area contributed by atoms with Gasteiger partial charge in [-0.05, 0) is 92.3 Å². The van der Waals surface area contributed by atoms with Crippen molar-refractivity contribution >= 4 is 65.3 Å². The molecule has 0 saturated carbocycles. The molecule has 0 radical (unpaired) electrons. The molecule has 5 heteroatoms. The largest absolute Gasteiger partial charge is 0.278 e. The van der Waals surface area contributed by atoms with E-state index in [0.717, 1.165) is 71.9 Å². The zero-order chi connectivity index (χ0) is 34.9. The fraction of sp³-hybridized carbons (Fsp3) is 0. The maximum absolute atomic E-state index is 5.31. The highest BCUT2D eigenvalue weighted by atomic mass is 15.1. The van der Waals surface area contributed by atoms with Crippen LogP contribution in [0.2, 0.25) is 0 Å². The van der Waals surface area contributed by atoms with Crippen LogP contribution in [0.1, 0.15) is 0 Å². The molecule has 11 rings (SSSR count). The first kappa shape index (κ1) is 29.5. The van der Waals surface area contributed by atoms with Crippen molar-refractivity contribution in [1.29, 1.82) is 0 Å². The number of fused-ring (bicyclic) bond motifs is 8. The summed E-state index contributed by atoms with van der Waals surface area (Å²) in [6.07, 6.45) is 5.52. The third-order valence-corrected chi connectivity index (χ3v) is 10.5. The van der Waals surface area contributed by atoms with E-state index in [0.29, 0.717) is 0 Å². The van der Waals surface area contributed by atoms with Gasteiger partial charge in [-0.3, -0.25) is 9.55 Å². The zero-order valence-electron chi connectivity index (χ0n) is 28.5. The first-order valence-corrected chi connectivity index (χ1v) is 17.8. The standard InChI is InChI=1S/C48H29N5/c1-3-12-37-35(10-1)44(36-11-2-4-13-38(36)45(37)41-24-22-33-21-20-32-9-7-27-50-46(32)47(33)52-41)31-18-16-30(17-19-31)34-23-25-42-40(29-34)39-14-8-28-51-48(39)53(42)43-15-5-6-26-49-43/h1-29H. The Morgan fingerprint density at radius 1 is 0.377 bits per heavy atom. The highest BCUT2D eigenvalue weighted by Gasteiger charge is 2.19. The van der Waals surface area contributed by atoms with E-state index in [1.165, 1.54) is 32.7 Å². The van der Waals surface area contributed by atoms with Crippen LogP contribution < -0.4 is 0 Å². The average molecular weight is 676 g/mol. The molecule has 0 saturated heterocycles. The van der Waals surface area contributed by atoms with Gasteiger partial charge in [0.25, 0.3) is 0 Å². The Hall–Kier alpha value is -7.24. The van der Waals surface area contributed by atoms with Crippen molar-refractivity contribution in [2.45, 2.75) is 0 Å². The highest BCUT2D eigenvalue weighted by Crippen LogP contribution is 2.44. The van der Waals surface area contributed by atoms with Crippen molar-refractivity contribution in [3.8, 4) is 39.3 Å². The van der Waals surface area contributed by atoms with Gasteiger partial charge in [0.05, 0.1) is 22.2 Å². The first-order valence-electron chi connectivity index (χ1n) is 17.8. The van der Waals surface area contributed by atoms with Crippen LogP contribution in [0.25, 0.3) is 105 Å². The Bertz CT molecular complexity index is 3160. The summed E-state index contributed by atoms with van der Waals surface area (Å²) in [4.78, 5) is 19.4. The van der Waals surface area contributed by atoms with Gasteiger partial charge in [-0.2, -0.15) is 0 Å². The number of pyridine rings is 4. The van der Waals surface area contributed by atoms with Crippen molar-refractivity contribution in [3.05, 3.63) is 176 Å². The Morgan fingerprint density at radius 2 is 0.981 bits per heavy atom. The van der Waals surface area contributed by atoms with Crippen LogP contribution in [0.4, 0.5) is 0 Å². The van der Waals surface area contributed by atoms with E-state index < -0.39 is 0 Å². The monoisotopic (exact) mass is 675 g/mol. The molecule has 0 unspecified atom stereocenters. The minimum atomic E-state index is 0.857.